The van der Waals surface area contributed by atoms with Gasteiger partial charge in [-0.1, -0.05) is 17.7 Å². The first-order chi connectivity index (χ1) is 9.47. The highest BCUT2D eigenvalue weighted by atomic mass is 32.2. The predicted molar refractivity (Wildman–Crippen MR) is 78.1 cm³/mol. The molecule has 0 saturated heterocycles. The molecule has 20 heavy (non-hydrogen) atoms. The van der Waals surface area contributed by atoms with Gasteiger partial charge in [0.15, 0.2) is 9.84 Å². The number of anilines is 1. The molecule has 106 valence electrons. The van der Waals surface area contributed by atoms with Gasteiger partial charge >= 0.3 is 0 Å². The molecular formula is C15H16FNO2S. The van der Waals surface area contributed by atoms with E-state index in [2.05, 4.69) is 5.32 Å². The number of halogens is 1. The maximum atomic E-state index is 12.7. The minimum absolute atomic E-state index is 0.00651. The summed E-state index contributed by atoms with van der Waals surface area (Å²) in [5.41, 5.74) is 1.72. The van der Waals surface area contributed by atoms with Crippen LogP contribution in [0.3, 0.4) is 0 Å². The van der Waals surface area contributed by atoms with Gasteiger partial charge in [0, 0.05) is 12.2 Å². The van der Waals surface area contributed by atoms with Gasteiger partial charge in [0.2, 0.25) is 0 Å². The van der Waals surface area contributed by atoms with E-state index in [0.717, 1.165) is 5.56 Å². The van der Waals surface area contributed by atoms with Crippen molar-refractivity contribution in [2.24, 2.45) is 0 Å². The number of hydrogen-bond donors (Lipinski definition) is 1. The third-order valence-electron chi connectivity index (χ3n) is 2.92. The third-order valence-corrected chi connectivity index (χ3v) is 4.66. The number of benzene rings is 2. The first-order valence-corrected chi connectivity index (χ1v) is 7.91. The van der Waals surface area contributed by atoms with Gasteiger partial charge in [-0.25, -0.2) is 12.8 Å². The standard InChI is InChI=1S/C15H16FNO2S/c1-12-2-8-15(9-3-12)20(18,19)11-10-17-14-6-4-13(16)5-7-14/h2-9,17H,10-11H2,1H3. The SMILES string of the molecule is Cc1ccc(S(=O)(=O)CCNc2ccc(F)cc2)cc1. The van der Waals surface area contributed by atoms with E-state index in [0.29, 0.717) is 10.6 Å². The van der Waals surface area contributed by atoms with Crippen molar-refractivity contribution in [1.82, 2.24) is 0 Å². The van der Waals surface area contributed by atoms with Crippen molar-refractivity contribution in [3.05, 3.63) is 59.9 Å². The van der Waals surface area contributed by atoms with Crippen LogP contribution in [0.2, 0.25) is 0 Å². The summed E-state index contributed by atoms with van der Waals surface area (Å²) < 4.78 is 36.9. The minimum Gasteiger partial charge on any atom is -0.384 e. The van der Waals surface area contributed by atoms with Crippen molar-refractivity contribution in [3.63, 3.8) is 0 Å². The van der Waals surface area contributed by atoms with Crippen LogP contribution in [-0.2, 0) is 9.84 Å². The molecule has 1 N–H and O–H groups in total. The van der Waals surface area contributed by atoms with Crippen molar-refractivity contribution in [3.8, 4) is 0 Å². The molecule has 0 fully saturated rings. The molecule has 0 bridgehead atoms. The molecule has 0 aliphatic carbocycles. The summed E-state index contributed by atoms with van der Waals surface area (Å²) in [4.78, 5) is 0.323. The van der Waals surface area contributed by atoms with Crippen LogP contribution in [0.5, 0.6) is 0 Å². The van der Waals surface area contributed by atoms with E-state index in [1.54, 1.807) is 36.4 Å². The smallest absolute Gasteiger partial charge is 0.180 e. The molecule has 2 rings (SSSR count). The third kappa shape index (κ3) is 3.81. The van der Waals surface area contributed by atoms with Gasteiger partial charge in [0.25, 0.3) is 0 Å². The molecule has 2 aromatic carbocycles. The summed E-state index contributed by atoms with van der Waals surface area (Å²) in [6.07, 6.45) is 0. The van der Waals surface area contributed by atoms with E-state index in [4.69, 9.17) is 0 Å². The summed E-state index contributed by atoms with van der Waals surface area (Å²) in [6, 6.07) is 12.6. The number of sulfone groups is 1. The highest BCUT2D eigenvalue weighted by Crippen LogP contribution is 2.13. The Morgan fingerprint density at radius 2 is 1.60 bits per heavy atom. The Hall–Kier alpha value is -1.88. The minimum atomic E-state index is -3.29. The summed E-state index contributed by atoms with van der Waals surface area (Å²) in [5.74, 6) is -0.323. The molecule has 0 heterocycles. The molecule has 0 amide bonds. The van der Waals surface area contributed by atoms with E-state index >= 15 is 0 Å². The van der Waals surface area contributed by atoms with Crippen LogP contribution in [0.15, 0.2) is 53.4 Å². The second-order valence-corrected chi connectivity index (χ2v) is 6.67. The second kappa shape index (κ2) is 6.05. The van der Waals surface area contributed by atoms with Crippen LogP contribution in [0.25, 0.3) is 0 Å². The van der Waals surface area contributed by atoms with Crippen molar-refractivity contribution >= 4 is 15.5 Å². The fraction of sp³-hybridized carbons (Fsp3) is 0.200. The zero-order valence-corrected chi connectivity index (χ0v) is 12.0. The van der Waals surface area contributed by atoms with Crippen LogP contribution < -0.4 is 5.32 Å². The van der Waals surface area contributed by atoms with Crippen LogP contribution in [0, 0.1) is 12.7 Å². The van der Waals surface area contributed by atoms with Crippen LogP contribution in [-0.4, -0.2) is 20.7 Å². The summed E-state index contributed by atoms with van der Waals surface area (Å²) >= 11 is 0. The molecule has 3 nitrogen and oxygen atoms in total. The van der Waals surface area contributed by atoms with E-state index in [1.807, 2.05) is 6.92 Å². The van der Waals surface area contributed by atoms with Crippen molar-refractivity contribution < 1.29 is 12.8 Å². The summed E-state index contributed by atoms with van der Waals surface area (Å²) in [5, 5.41) is 2.96. The molecule has 5 heteroatoms. The van der Waals surface area contributed by atoms with Gasteiger partial charge in [0.05, 0.1) is 10.6 Å². The number of rotatable bonds is 5. The number of hydrogen-bond acceptors (Lipinski definition) is 3. The van der Waals surface area contributed by atoms with E-state index < -0.39 is 9.84 Å². The van der Waals surface area contributed by atoms with Gasteiger partial charge < -0.3 is 5.32 Å². The maximum Gasteiger partial charge on any atom is 0.180 e. The highest BCUT2D eigenvalue weighted by molar-refractivity contribution is 7.91. The second-order valence-electron chi connectivity index (χ2n) is 4.57. The summed E-state index contributed by atoms with van der Waals surface area (Å²) in [7, 11) is -3.29. The fourth-order valence-corrected chi connectivity index (χ4v) is 2.92. The average molecular weight is 293 g/mol. The topological polar surface area (TPSA) is 46.2 Å². The first-order valence-electron chi connectivity index (χ1n) is 6.26. The van der Waals surface area contributed by atoms with Crippen LogP contribution >= 0.6 is 0 Å². The van der Waals surface area contributed by atoms with Crippen molar-refractivity contribution in [2.45, 2.75) is 11.8 Å². The largest absolute Gasteiger partial charge is 0.384 e. The lowest BCUT2D eigenvalue weighted by atomic mass is 10.2. The lowest BCUT2D eigenvalue weighted by Gasteiger charge is -2.07. The van der Waals surface area contributed by atoms with Gasteiger partial charge in [-0.05, 0) is 43.3 Å². The van der Waals surface area contributed by atoms with Gasteiger partial charge in [-0.3, -0.25) is 0 Å². The highest BCUT2D eigenvalue weighted by Gasteiger charge is 2.13. The van der Waals surface area contributed by atoms with E-state index in [1.165, 1.54) is 12.1 Å². The molecule has 0 unspecified atom stereocenters. The van der Waals surface area contributed by atoms with Crippen molar-refractivity contribution in [1.29, 1.82) is 0 Å². The van der Waals surface area contributed by atoms with E-state index in [9.17, 15) is 12.8 Å². The lowest BCUT2D eigenvalue weighted by Crippen LogP contribution is -2.15. The molecule has 0 saturated carbocycles. The predicted octanol–water partition coefficient (Wildman–Crippen LogP) is 3.02. The normalized spacial score (nSPS) is 11.3. The molecule has 0 aliphatic rings. The zero-order valence-electron chi connectivity index (χ0n) is 11.1. The Labute approximate surface area is 118 Å². The van der Waals surface area contributed by atoms with Crippen molar-refractivity contribution in [2.75, 3.05) is 17.6 Å². The quantitative estimate of drug-likeness (QED) is 0.921. The first kappa shape index (κ1) is 14.5. The van der Waals surface area contributed by atoms with E-state index in [-0.39, 0.29) is 18.1 Å². The molecular weight excluding hydrogens is 277 g/mol. The number of aryl methyl sites for hydroxylation is 1. The van der Waals surface area contributed by atoms with Crippen LogP contribution in [0.4, 0.5) is 10.1 Å². The zero-order chi connectivity index (χ0) is 14.6. The average Bonchev–Trinajstić information content (AvgIpc) is 2.41. The Bertz CT molecular complexity index is 664. The van der Waals surface area contributed by atoms with Crippen LogP contribution in [0.1, 0.15) is 5.56 Å². The Morgan fingerprint density at radius 1 is 1.00 bits per heavy atom. The Kier molecular flexibility index (Phi) is 4.39. The summed E-state index contributed by atoms with van der Waals surface area (Å²) in [6.45, 7) is 2.19. The lowest BCUT2D eigenvalue weighted by molar-refractivity contribution is 0.596. The fourth-order valence-electron chi connectivity index (χ4n) is 1.76. The molecule has 0 spiro atoms. The Morgan fingerprint density at radius 3 is 2.20 bits per heavy atom. The molecule has 2 aromatic rings. The maximum absolute atomic E-state index is 12.7. The molecule has 0 radical (unpaired) electrons. The molecule has 0 aromatic heterocycles. The monoisotopic (exact) mass is 293 g/mol. The number of nitrogens with one attached hydrogen (secondary N) is 1. The van der Waals surface area contributed by atoms with Gasteiger partial charge in [0.1, 0.15) is 5.82 Å². The van der Waals surface area contributed by atoms with Gasteiger partial charge in [-0.2, -0.15) is 0 Å². The molecule has 0 atom stereocenters. The van der Waals surface area contributed by atoms with Gasteiger partial charge in [-0.15, -0.1) is 0 Å². The Balaban J connectivity index is 1.96. The molecule has 0 aliphatic heterocycles.